The number of nitrogens with zero attached hydrogens (tertiary/aromatic N) is 1. The second-order valence-corrected chi connectivity index (χ2v) is 3.95. The van der Waals surface area contributed by atoms with Gasteiger partial charge in [-0.3, -0.25) is 4.79 Å². The van der Waals surface area contributed by atoms with Gasteiger partial charge in [-0.2, -0.15) is 0 Å². The lowest BCUT2D eigenvalue weighted by Gasteiger charge is -1.98. The molecule has 0 saturated heterocycles. The zero-order valence-corrected chi connectivity index (χ0v) is 9.66. The van der Waals surface area contributed by atoms with Crippen molar-refractivity contribution in [1.29, 1.82) is 0 Å². The zero-order valence-electron chi connectivity index (χ0n) is 9.66. The minimum absolute atomic E-state index is 0.200. The van der Waals surface area contributed by atoms with Crippen LogP contribution >= 0.6 is 0 Å². The van der Waals surface area contributed by atoms with Crippen LogP contribution in [0.3, 0.4) is 0 Å². The molecule has 0 spiro atoms. The quantitative estimate of drug-likeness (QED) is 0.793. The van der Waals surface area contributed by atoms with Gasteiger partial charge in [0.05, 0.1) is 0 Å². The smallest absolute Gasteiger partial charge is 0.166 e. The van der Waals surface area contributed by atoms with Crippen molar-refractivity contribution in [2.45, 2.75) is 6.42 Å². The molecule has 2 aromatic rings. The van der Waals surface area contributed by atoms with Gasteiger partial charge < -0.3 is 9.88 Å². The van der Waals surface area contributed by atoms with E-state index in [0.29, 0.717) is 6.42 Å². The van der Waals surface area contributed by atoms with Crippen molar-refractivity contribution in [3.05, 3.63) is 36.0 Å². The lowest BCUT2D eigenvalue weighted by atomic mass is 10.1. The van der Waals surface area contributed by atoms with E-state index < -0.39 is 0 Å². The molecule has 2 rings (SSSR count). The van der Waals surface area contributed by atoms with Crippen LogP contribution < -0.4 is 5.32 Å². The molecule has 3 nitrogen and oxygen atoms in total. The van der Waals surface area contributed by atoms with Crippen LogP contribution in [0.4, 0.5) is 0 Å². The molecule has 0 aliphatic heterocycles. The SMILES string of the molecule is CNCCC(=O)c1cn(C)c2ccccc12. The highest BCUT2D eigenvalue weighted by Gasteiger charge is 2.12. The molecule has 1 N–H and O–H groups in total. The fourth-order valence-electron chi connectivity index (χ4n) is 1.94. The molecule has 0 aliphatic carbocycles. The number of hydrogen-bond acceptors (Lipinski definition) is 2. The van der Waals surface area contributed by atoms with Gasteiger partial charge >= 0.3 is 0 Å². The number of benzene rings is 1. The number of nitrogens with one attached hydrogen (secondary N) is 1. The Morgan fingerprint density at radius 1 is 1.38 bits per heavy atom. The average Bonchev–Trinajstić information content (AvgIpc) is 2.65. The number of aromatic nitrogens is 1. The predicted octanol–water partition coefficient (Wildman–Crippen LogP) is 1.97. The van der Waals surface area contributed by atoms with Crippen molar-refractivity contribution in [2.75, 3.05) is 13.6 Å². The molecule has 0 bridgehead atoms. The number of carbonyl (C=O) groups excluding carboxylic acids is 1. The number of hydrogen-bond donors (Lipinski definition) is 1. The summed E-state index contributed by atoms with van der Waals surface area (Å²) in [6.07, 6.45) is 2.47. The Kier molecular flexibility index (Phi) is 3.06. The molecule has 0 saturated carbocycles. The first-order valence-corrected chi connectivity index (χ1v) is 5.46. The van der Waals surface area contributed by atoms with Gasteiger partial charge in [-0.05, 0) is 13.1 Å². The maximum Gasteiger partial charge on any atom is 0.166 e. The first-order valence-electron chi connectivity index (χ1n) is 5.46. The third kappa shape index (κ3) is 1.86. The highest BCUT2D eigenvalue weighted by molar-refractivity contribution is 6.08. The van der Waals surface area contributed by atoms with Crippen LogP contribution in [0, 0.1) is 0 Å². The molecule has 1 aromatic heterocycles. The Bertz CT molecular complexity index is 514. The Morgan fingerprint density at radius 3 is 2.88 bits per heavy atom. The summed E-state index contributed by atoms with van der Waals surface area (Å²) in [5.41, 5.74) is 1.93. The van der Waals surface area contributed by atoms with Crippen LogP contribution in [0.5, 0.6) is 0 Å². The molecule has 0 atom stereocenters. The van der Waals surface area contributed by atoms with Gasteiger partial charge in [0.25, 0.3) is 0 Å². The lowest BCUT2D eigenvalue weighted by molar-refractivity contribution is 0.0984. The largest absolute Gasteiger partial charge is 0.350 e. The van der Waals surface area contributed by atoms with Gasteiger partial charge in [0.15, 0.2) is 5.78 Å². The molecule has 3 heteroatoms. The Hall–Kier alpha value is -1.61. The zero-order chi connectivity index (χ0) is 11.5. The molecule has 1 heterocycles. The van der Waals surface area contributed by atoms with E-state index in [2.05, 4.69) is 5.32 Å². The minimum atomic E-state index is 0.200. The van der Waals surface area contributed by atoms with E-state index in [1.54, 1.807) is 0 Å². The number of carbonyl (C=O) groups is 1. The maximum absolute atomic E-state index is 12.0. The highest BCUT2D eigenvalue weighted by atomic mass is 16.1. The van der Waals surface area contributed by atoms with Gasteiger partial charge in [-0.1, -0.05) is 18.2 Å². The Labute approximate surface area is 95.1 Å². The van der Waals surface area contributed by atoms with Gasteiger partial charge in [-0.25, -0.2) is 0 Å². The van der Waals surface area contributed by atoms with E-state index in [4.69, 9.17) is 0 Å². The van der Waals surface area contributed by atoms with E-state index in [1.807, 2.05) is 49.1 Å². The number of fused-ring (bicyclic) bond motifs is 1. The van der Waals surface area contributed by atoms with E-state index in [0.717, 1.165) is 23.0 Å². The van der Waals surface area contributed by atoms with Crippen molar-refractivity contribution in [3.8, 4) is 0 Å². The fraction of sp³-hybridized carbons (Fsp3) is 0.308. The number of ketones is 1. The lowest BCUT2D eigenvalue weighted by Crippen LogP contribution is -2.12. The van der Waals surface area contributed by atoms with E-state index in [-0.39, 0.29) is 5.78 Å². The first kappa shape index (κ1) is 10.9. The second-order valence-electron chi connectivity index (χ2n) is 3.95. The summed E-state index contributed by atoms with van der Waals surface area (Å²) >= 11 is 0. The molecule has 0 amide bonds. The average molecular weight is 216 g/mol. The van der Waals surface area contributed by atoms with Gasteiger partial charge in [-0.15, -0.1) is 0 Å². The van der Waals surface area contributed by atoms with Gasteiger partial charge in [0, 0.05) is 42.7 Å². The van der Waals surface area contributed by atoms with Crippen LogP contribution in [0.25, 0.3) is 10.9 Å². The van der Waals surface area contributed by atoms with E-state index in [9.17, 15) is 4.79 Å². The molecule has 0 unspecified atom stereocenters. The van der Waals surface area contributed by atoms with Crippen LogP contribution in [-0.2, 0) is 7.05 Å². The minimum Gasteiger partial charge on any atom is -0.350 e. The molecular formula is C13H16N2O. The van der Waals surface area contributed by atoms with Crippen molar-refractivity contribution in [1.82, 2.24) is 9.88 Å². The van der Waals surface area contributed by atoms with Gasteiger partial charge in [0.2, 0.25) is 0 Å². The highest BCUT2D eigenvalue weighted by Crippen LogP contribution is 2.21. The van der Waals surface area contributed by atoms with Crippen LogP contribution in [0.15, 0.2) is 30.5 Å². The summed E-state index contributed by atoms with van der Waals surface area (Å²) in [5, 5.41) is 4.04. The summed E-state index contributed by atoms with van der Waals surface area (Å²) in [4.78, 5) is 12.0. The van der Waals surface area contributed by atoms with Crippen molar-refractivity contribution in [2.24, 2.45) is 7.05 Å². The number of para-hydroxylation sites is 1. The van der Waals surface area contributed by atoms with Crippen LogP contribution in [0.1, 0.15) is 16.8 Å². The van der Waals surface area contributed by atoms with E-state index >= 15 is 0 Å². The normalized spacial score (nSPS) is 10.9. The summed E-state index contributed by atoms with van der Waals surface area (Å²) in [5.74, 6) is 0.200. The molecular weight excluding hydrogens is 200 g/mol. The third-order valence-corrected chi connectivity index (χ3v) is 2.80. The standard InChI is InChI=1S/C13H16N2O/c1-14-8-7-13(16)11-9-15(2)12-6-4-3-5-10(11)12/h3-6,9,14H,7-8H2,1-2H3. The summed E-state index contributed by atoms with van der Waals surface area (Å²) in [6.45, 7) is 0.724. The first-order chi connectivity index (χ1) is 7.74. The third-order valence-electron chi connectivity index (χ3n) is 2.80. The van der Waals surface area contributed by atoms with Crippen molar-refractivity contribution >= 4 is 16.7 Å². The van der Waals surface area contributed by atoms with Crippen LogP contribution in [0.2, 0.25) is 0 Å². The summed E-state index contributed by atoms with van der Waals surface area (Å²) in [7, 11) is 3.83. The molecule has 16 heavy (non-hydrogen) atoms. The summed E-state index contributed by atoms with van der Waals surface area (Å²) in [6, 6.07) is 7.99. The molecule has 0 aliphatic rings. The van der Waals surface area contributed by atoms with Crippen molar-refractivity contribution in [3.63, 3.8) is 0 Å². The fourth-order valence-corrected chi connectivity index (χ4v) is 1.94. The topological polar surface area (TPSA) is 34.0 Å². The molecule has 0 fully saturated rings. The van der Waals surface area contributed by atoms with Gasteiger partial charge in [0.1, 0.15) is 0 Å². The summed E-state index contributed by atoms with van der Waals surface area (Å²) < 4.78 is 2.00. The second kappa shape index (κ2) is 4.49. The number of aryl methyl sites for hydroxylation is 1. The van der Waals surface area contributed by atoms with Crippen LogP contribution in [-0.4, -0.2) is 23.9 Å². The monoisotopic (exact) mass is 216 g/mol. The maximum atomic E-state index is 12.0. The molecule has 1 aromatic carbocycles. The van der Waals surface area contributed by atoms with Crippen molar-refractivity contribution < 1.29 is 4.79 Å². The Morgan fingerprint density at radius 2 is 2.12 bits per heavy atom. The number of rotatable bonds is 4. The molecule has 84 valence electrons. The number of Topliss-reactive ketones (excluding diaryl/α,β-unsaturated/α-hetero) is 1. The predicted molar refractivity (Wildman–Crippen MR) is 65.8 cm³/mol. The Balaban J connectivity index is 2.41. The molecule has 0 radical (unpaired) electrons. The van der Waals surface area contributed by atoms with E-state index in [1.165, 1.54) is 0 Å².